The Labute approximate surface area is 204 Å². The molecular weight excluding hydrogens is 404 g/mol. The van der Waals surface area contributed by atoms with Crippen molar-refractivity contribution in [2.45, 2.75) is 23.9 Å². The van der Waals surface area contributed by atoms with Crippen molar-refractivity contribution in [3.63, 3.8) is 0 Å². The molecule has 0 saturated heterocycles. The van der Waals surface area contributed by atoms with E-state index in [1.165, 1.54) is 0 Å². The average Bonchev–Trinajstić information content (AvgIpc) is 2.88. The second kappa shape index (κ2) is 7.02. The van der Waals surface area contributed by atoms with Crippen LogP contribution < -0.4 is 4.74 Å². The Balaban J connectivity index is 2.12. The third-order valence-electron chi connectivity index (χ3n) is 8.72. The van der Waals surface area contributed by atoms with E-state index >= 15 is 0 Å². The summed E-state index contributed by atoms with van der Waals surface area (Å²) in [6, 6.07) is 0. The Morgan fingerprint density at radius 1 is 0.727 bits per heavy atom. The van der Waals surface area contributed by atoms with Gasteiger partial charge in [-0.15, -0.1) is 0 Å². The van der Waals surface area contributed by atoms with Crippen molar-refractivity contribution >= 4 is 0 Å². The lowest BCUT2D eigenvalue weighted by Gasteiger charge is -2.72. The molecule has 0 heterocycles. The lowest BCUT2D eigenvalue weighted by Crippen LogP contribution is -2.70. The fraction of sp³-hybridized carbons (Fsp3) is 0.355. The molecule has 1 unspecified atom stereocenters. The van der Waals surface area contributed by atoms with Gasteiger partial charge in [0.25, 0.3) is 0 Å². The molecule has 0 spiro atoms. The van der Waals surface area contributed by atoms with Gasteiger partial charge >= 0.3 is 0 Å². The van der Waals surface area contributed by atoms with E-state index in [0.717, 1.165) is 0 Å². The molecule has 3 aliphatic carbocycles. The lowest BCUT2D eigenvalue weighted by atomic mass is 9.30. The van der Waals surface area contributed by atoms with Crippen LogP contribution in [0, 0.1) is 137 Å². The van der Waals surface area contributed by atoms with Crippen LogP contribution in [0.25, 0.3) is 0 Å². The predicted octanol–water partition coefficient (Wildman–Crippen LogP) is 4.37. The molecule has 0 aromatic heterocycles. The van der Waals surface area contributed by atoms with E-state index < -0.39 is 50.9 Å². The molecule has 158 valence electrons. The van der Waals surface area contributed by atoms with Crippen LogP contribution in [-0.2, 0) is 16.6 Å². The molecule has 0 N–H and O–H groups in total. The molecule has 2 nitrogen and oxygen atoms in total. The summed E-state index contributed by atoms with van der Waals surface area (Å²) < 4.78 is 9.88. The van der Waals surface area contributed by atoms with Crippen LogP contribution in [0.2, 0.25) is 0 Å². The number of benzene rings is 1. The highest BCUT2D eigenvalue weighted by Crippen LogP contribution is 2.81. The normalized spacial score (nSPS) is 48.8. The molecular formula is C31H22O2. The van der Waals surface area contributed by atoms with Gasteiger partial charge in [0.15, 0.2) is 7.11 Å². The topological polar surface area (TPSA) is 18.5 Å². The molecule has 2 saturated carbocycles. The molecule has 33 heavy (non-hydrogen) atoms. The largest absolute Gasteiger partial charge is 0.482 e. The number of hydrogen-bond donors (Lipinski definition) is 0. The number of hydrogen-bond acceptors (Lipinski definition) is 2. The summed E-state index contributed by atoms with van der Waals surface area (Å²) >= 11 is 0. The highest BCUT2D eigenvalue weighted by molar-refractivity contribution is 5.65. The van der Waals surface area contributed by atoms with Crippen molar-refractivity contribution in [2.75, 3.05) is 0 Å². The van der Waals surface area contributed by atoms with E-state index in [1.807, 2.05) is 0 Å². The number of ether oxygens (including phenoxy) is 2. The maximum absolute atomic E-state index is 7.10. The summed E-state index contributed by atoms with van der Waals surface area (Å²) in [6.07, 6.45) is -0.0567. The SMILES string of the molecule is [CH]Oc1c([CH])c([CH])c2c(c1[CH])C[C@@H]([CH])[C@]1([CH])[C@]3([CH])[C@@H]([CH])C([CH])(O[CH])[C@@H]([CH])[C@@]3([CH])C[C@@H]([CH])[C@]21[CH]. The van der Waals surface area contributed by atoms with E-state index in [2.05, 4.69) is 0 Å². The molecule has 4 rings (SSSR count). The second-order valence-electron chi connectivity index (χ2n) is 9.74. The third kappa shape index (κ3) is 2.32. The van der Waals surface area contributed by atoms with Crippen LogP contribution in [0.3, 0.4) is 0 Å². The third-order valence-corrected chi connectivity index (χ3v) is 8.72. The van der Waals surface area contributed by atoms with Crippen LogP contribution in [0.5, 0.6) is 5.75 Å². The molecule has 1 aromatic rings. The minimum Gasteiger partial charge on any atom is -0.482 e. The Hall–Kier alpha value is -1.02. The molecule has 3 aliphatic rings. The van der Waals surface area contributed by atoms with Gasteiger partial charge in [0.05, 0.1) is 5.60 Å². The Kier molecular flexibility index (Phi) is 5.34. The van der Waals surface area contributed by atoms with Gasteiger partial charge in [0, 0.05) is 37.3 Å². The van der Waals surface area contributed by atoms with Crippen molar-refractivity contribution in [1.29, 1.82) is 0 Å². The second-order valence-corrected chi connectivity index (χ2v) is 9.74. The van der Waals surface area contributed by atoms with Crippen molar-refractivity contribution in [1.82, 2.24) is 0 Å². The first kappa shape index (κ1) is 25.1. The zero-order valence-corrected chi connectivity index (χ0v) is 18.1. The van der Waals surface area contributed by atoms with Gasteiger partial charge in [0.2, 0.25) is 0 Å². The van der Waals surface area contributed by atoms with Gasteiger partial charge in [-0.3, -0.25) is 0 Å². The van der Waals surface area contributed by atoms with Gasteiger partial charge < -0.3 is 9.47 Å². The standard InChI is InChI=1S/C31H22O2/c1-17-15-24-21(5)26(32-13)20(4)19(3)25(24)28(9)18(2)16-27(8)22(6)29(10,33-14)23(7)31(27,12)30(17,28)11/h1-14,17-18,22-23H,15-16H2/t17-,18-,22+,23+,27-,28-,29?,30+,31-/m1/s1. The van der Waals surface area contributed by atoms with Gasteiger partial charge in [-0.25, -0.2) is 0 Å². The molecule has 9 atom stereocenters. The monoisotopic (exact) mass is 426 g/mol. The van der Waals surface area contributed by atoms with Gasteiger partial charge in [0.1, 0.15) is 12.9 Å². The first-order valence-corrected chi connectivity index (χ1v) is 10.3. The average molecular weight is 427 g/mol. The Morgan fingerprint density at radius 3 is 1.82 bits per heavy atom. The van der Waals surface area contributed by atoms with Gasteiger partial charge in [-0.1, -0.05) is 0 Å². The van der Waals surface area contributed by atoms with Gasteiger partial charge in [-0.2, -0.15) is 0 Å². The summed E-state index contributed by atoms with van der Waals surface area (Å²) in [4.78, 5) is 0. The zero-order valence-electron chi connectivity index (χ0n) is 18.1. The van der Waals surface area contributed by atoms with E-state index in [0.29, 0.717) is 5.56 Å². The van der Waals surface area contributed by atoms with E-state index in [9.17, 15) is 0 Å². The fourth-order valence-corrected chi connectivity index (χ4v) is 6.79. The summed E-state index contributed by atoms with van der Waals surface area (Å²) in [5.74, 6) is -4.53. The summed E-state index contributed by atoms with van der Waals surface area (Å²) in [6.45, 7) is 79.6. The number of rotatable bonds is 2. The van der Waals surface area contributed by atoms with E-state index in [-0.39, 0.29) is 40.8 Å². The zero-order chi connectivity index (χ0) is 25.1. The fourth-order valence-electron chi connectivity index (χ4n) is 6.79. The van der Waals surface area contributed by atoms with Crippen molar-refractivity contribution in [3.05, 3.63) is 125 Å². The van der Waals surface area contributed by atoms with Crippen molar-refractivity contribution in [2.24, 2.45) is 39.9 Å². The van der Waals surface area contributed by atoms with E-state index in [4.69, 9.17) is 107 Å². The molecule has 0 amide bonds. The maximum Gasteiger partial charge on any atom is 0.180 e. The molecule has 2 heteroatoms. The summed E-state index contributed by atoms with van der Waals surface area (Å²) in [5.41, 5.74) is -8.15. The van der Waals surface area contributed by atoms with Crippen molar-refractivity contribution < 1.29 is 9.47 Å². The van der Waals surface area contributed by atoms with Crippen LogP contribution in [0.4, 0.5) is 0 Å². The smallest absolute Gasteiger partial charge is 0.180 e. The predicted molar refractivity (Wildman–Crippen MR) is 120 cm³/mol. The minimum absolute atomic E-state index is 0.0115. The molecule has 0 aliphatic heterocycles. The Morgan fingerprint density at radius 2 is 1.30 bits per heavy atom. The lowest BCUT2D eigenvalue weighted by molar-refractivity contribution is -0.144. The first-order valence-electron chi connectivity index (χ1n) is 10.3. The maximum atomic E-state index is 7.10. The van der Waals surface area contributed by atoms with Crippen LogP contribution >= 0.6 is 0 Å². The van der Waals surface area contributed by atoms with Crippen molar-refractivity contribution in [3.8, 4) is 5.75 Å². The highest BCUT2D eigenvalue weighted by atomic mass is 16.5. The van der Waals surface area contributed by atoms with Crippen LogP contribution in [0.15, 0.2) is 0 Å². The minimum atomic E-state index is -1.87. The summed E-state index contributed by atoms with van der Waals surface area (Å²) in [7, 11) is 10.9. The Bertz CT molecular complexity index is 995. The molecule has 1 aromatic carbocycles. The van der Waals surface area contributed by atoms with Crippen LogP contribution in [-0.4, -0.2) is 5.60 Å². The molecule has 0 bridgehead atoms. The number of fused-ring (bicyclic) bond motifs is 5. The quantitative estimate of drug-likeness (QED) is 0.699. The molecule has 28 radical (unpaired) electrons. The van der Waals surface area contributed by atoms with Crippen LogP contribution in [0.1, 0.15) is 34.2 Å². The van der Waals surface area contributed by atoms with Gasteiger partial charge in [-0.05, 0) is 132 Å². The highest BCUT2D eigenvalue weighted by Gasteiger charge is 2.80. The summed E-state index contributed by atoms with van der Waals surface area (Å²) in [5, 5.41) is 0. The van der Waals surface area contributed by atoms with E-state index in [1.54, 1.807) is 0 Å². The first-order chi connectivity index (χ1) is 15.1. The molecule has 2 fully saturated rings.